The van der Waals surface area contributed by atoms with Crippen molar-refractivity contribution in [2.75, 3.05) is 13.1 Å². The molecular formula is C17H28N2O2. The fourth-order valence-corrected chi connectivity index (χ4v) is 4.86. The molecule has 1 aliphatic heterocycles. The number of carbonyl (C=O) groups excluding carboxylic acids is 2. The Morgan fingerprint density at radius 1 is 1.33 bits per heavy atom. The lowest BCUT2D eigenvalue weighted by Gasteiger charge is -2.39. The highest BCUT2D eigenvalue weighted by atomic mass is 16.2. The molecule has 0 spiro atoms. The molecule has 21 heavy (non-hydrogen) atoms. The zero-order chi connectivity index (χ0) is 15.3. The zero-order valence-electron chi connectivity index (χ0n) is 13.6. The van der Waals surface area contributed by atoms with Crippen molar-refractivity contribution in [3.63, 3.8) is 0 Å². The number of amides is 2. The molecule has 1 heterocycles. The summed E-state index contributed by atoms with van der Waals surface area (Å²) in [5, 5.41) is 3.24. The first kappa shape index (κ1) is 14.9. The minimum absolute atomic E-state index is 0.0276. The van der Waals surface area contributed by atoms with Crippen LogP contribution < -0.4 is 5.32 Å². The molecule has 2 bridgehead atoms. The van der Waals surface area contributed by atoms with Crippen LogP contribution in [0.1, 0.15) is 59.3 Å². The third kappa shape index (κ3) is 2.27. The number of nitrogens with one attached hydrogen (secondary N) is 1. The fraction of sp³-hybridized carbons (Fsp3) is 0.882. The normalized spacial score (nSPS) is 37.9. The third-order valence-electron chi connectivity index (χ3n) is 6.89. The minimum Gasteiger partial charge on any atom is -0.351 e. The molecule has 0 aromatic rings. The van der Waals surface area contributed by atoms with E-state index >= 15 is 0 Å². The number of carbonyl (C=O) groups is 2. The van der Waals surface area contributed by atoms with Gasteiger partial charge >= 0.3 is 0 Å². The number of nitrogens with zero attached hydrogens (tertiary/aromatic N) is 1. The monoisotopic (exact) mass is 292 g/mol. The van der Waals surface area contributed by atoms with Crippen molar-refractivity contribution >= 4 is 11.8 Å². The van der Waals surface area contributed by atoms with Gasteiger partial charge in [-0.2, -0.15) is 0 Å². The lowest BCUT2D eigenvalue weighted by atomic mass is 9.69. The summed E-state index contributed by atoms with van der Waals surface area (Å²) in [5.74, 6) is 0.889. The van der Waals surface area contributed by atoms with Crippen LogP contribution in [-0.2, 0) is 9.59 Å². The van der Waals surface area contributed by atoms with Crippen LogP contribution in [0.5, 0.6) is 0 Å². The SMILES string of the molecule is CC1(C)C2CCC1(C)C(NC(=O)CN1CCCCC1=O)C2. The van der Waals surface area contributed by atoms with Gasteiger partial charge < -0.3 is 10.2 Å². The summed E-state index contributed by atoms with van der Waals surface area (Å²) >= 11 is 0. The van der Waals surface area contributed by atoms with E-state index in [-0.39, 0.29) is 29.8 Å². The summed E-state index contributed by atoms with van der Waals surface area (Å²) < 4.78 is 0. The van der Waals surface area contributed by atoms with Crippen molar-refractivity contribution < 1.29 is 9.59 Å². The second-order valence-corrected chi connectivity index (χ2v) is 8.00. The van der Waals surface area contributed by atoms with Gasteiger partial charge in [0.05, 0.1) is 6.54 Å². The van der Waals surface area contributed by atoms with E-state index in [4.69, 9.17) is 0 Å². The van der Waals surface area contributed by atoms with Gasteiger partial charge in [-0.15, -0.1) is 0 Å². The molecule has 2 saturated carbocycles. The predicted molar refractivity (Wildman–Crippen MR) is 81.6 cm³/mol. The zero-order valence-corrected chi connectivity index (χ0v) is 13.6. The van der Waals surface area contributed by atoms with E-state index in [9.17, 15) is 9.59 Å². The molecule has 1 N–H and O–H groups in total. The quantitative estimate of drug-likeness (QED) is 0.868. The van der Waals surface area contributed by atoms with Crippen molar-refractivity contribution in [3.05, 3.63) is 0 Å². The maximum absolute atomic E-state index is 12.3. The van der Waals surface area contributed by atoms with Crippen LogP contribution in [0.3, 0.4) is 0 Å². The molecule has 118 valence electrons. The van der Waals surface area contributed by atoms with Gasteiger partial charge in [0.15, 0.2) is 0 Å². The highest BCUT2D eigenvalue weighted by molar-refractivity contribution is 5.85. The van der Waals surface area contributed by atoms with Gasteiger partial charge in [0, 0.05) is 19.0 Å². The lowest BCUT2D eigenvalue weighted by Crippen LogP contribution is -2.50. The number of piperidine rings is 1. The molecule has 2 amide bonds. The molecule has 3 atom stereocenters. The molecule has 3 fully saturated rings. The van der Waals surface area contributed by atoms with Crippen molar-refractivity contribution in [3.8, 4) is 0 Å². The van der Waals surface area contributed by atoms with Crippen LogP contribution in [0.4, 0.5) is 0 Å². The molecule has 4 heteroatoms. The largest absolute Gasteiger partial charge is 0.351 e. The van der Waals surface area contributed by atoms with E-state index in [1.807, 2.05) is 0 Å². The first-order valence-electron chi connectivity index (χ1n) is 8.42. The predicted octanol–water partition coefficient (Wildman–Crippen LogP) is 2.33. The molecular weight excluding hydrogens is 264 g/mol. The Morgan fingerprint density at radius 3 is 2.67 bits per heavy atom. The smallest absolute Gasteiger partial charge is 0.239 e. The topological polar surface area (TPSA) is 49.4 Å². The van der Waals surface area contributed by atoms with Gasteiger partial charge in [-0.25, -0.2) is 0 Å². The Kier molecular flexibility index (Phi) is 3.53. The summed E-state index contributed by atoms with van der Waals surface area (Å²) in [5.41, 5.74) is 0.519. The lowest BCUT2D eigenvalue weighted by molar-refractivity contribution is -0.138. The summed E-state index contributed by atoms with van der Waals surface area (Å²) in [4.78, 5) is 25.9. The standard InChI is InChI=1S/C17H28N2O2/c1-16(2)12-7-8-17(16,3)13(10-12)18-14(20)11-19-9-5-4-6-15(19)21/h12-13H,4-11H2,1-3H3,(H,18,20). The Balaban J connectivity index is 1.60. The van der Waals surface area contributed by atoms with Gasteiger partial charge in [-0.05, 0) is 48.9 Å². The van der Waals surface area contributed by atoms with Crippen molar-refractivity contribution in [1.29, 1.82) is 0 Å². The first-order valence-corrected chi connectivity index (χ1v) is 8.42. The summed E-state index contributed by atoms with van der Waals surface area (Å²) in [6.45, 7) is 8.02. The van der Waals surface area contributed by atoms with Crippen LogP contribution in [0.25, 0.3) is 0 Å². The number of fused-ring (bicyclic) bond motifs is 2. The summed E-state index contributed by atoms with van der Waals surface area (Å²) in [6.07, 6.45) is 6.19. The van der Waals surface area contributed by atoms with Crippen LogP contribution in [-0.4, -0.2) is 35.8 Å². The molecule has 4 nitrogen and oxygen atoms in total. The molecule has 0 radical (unpaired) electrons. The van der Waals surface area contributed by atoms with Gasteiger partial charge in [0.25, 0.3) is 0 Å². The maximum Gasteiger partial charge on any atom is 0.239 e. The number of hydrogen-bond donors (Lipinski definition) is 1. The Morgan fingerprint density at radius 2 is 2.10 bits per heavy atom. The third-order valence-corrected chi connectivity index (χ3v) is 6.89. The highest BCUT2D eigenvalue weighted by Gasteiger charge is 2.61. The van der Waals surface area contributed by atoms with E-state index in [0.29, 0.717) is 11.8 Å². The number of rotatable bonds is 3. The van der Waals surface area contributed by atoms with E-state index in [0.717, 1.165) is 31.7 Å². The molecule has 3 unspecified atom stereocenters. The van der Waals surface area contributed by atoms with Crippen molar-refractivity contribution in [2.45, 2.75) is 65.3 Å². The second kappa shape index (κ2) is 4.99. The highest BCUT2D eigenvalue weighted by Crippen LogP contribution is 2.65. The second-order valence-electron chi connectivity index (χ2n) is 8.00. The molecule has 1 saturated heterocycles. The molecule has 0 aromatic carbocycles. The van der Waals surface area contributed by atoms with Crippen molar-refractivity contribution in [2.24, 2.45) is 16.7 Å². The van der Waals surface area contributed by atoms with E-state index in [2.05, 4.69) is 26.1 Å². The number of likely N-dealkylation sites (tertiary alicyclic amines) is 1. The Labute approximate surface area is 127 Å². The van der Waals surface area contributed by atoms with E-state index < -0.39 is 0 Å². The van der Waals surface area contributed by atoms with Crippen LogP contribution >= 0.6 is 0 Å². The van der Waals surface area contributed by atoms with Gasteiger partial charge in [-0.3, -0.25) is 9.59 Å². The molecule has 2 aliphatic carbocycles. The average Bonchev–Trinajstić information content (AvgIpc) is 2.74. The van der Waals surface area contributed by atoms with E-state index in [1.165, 1.54) is 12.8 Å². The molecule has 3 rings (SSSR count). The Bertz CT molecular complexity index is 460. The van der Waals surface area contributed by atoms with Gasteiger partial charge in [0.2, 0.25) is 11.8 Å². The molecule has 0 aromatic heterocycles. The van der Waals surface area contributed by atoms with Gasteiger partial charge in [0.1, 0.15) is 0 Å². The van der Waals surface area contributed by atoms with Crippen LogP contribution in [0.15, 0.2) is 0 Å². The fourth-order valence-electron chi connectivity index (χ4n) is 4.86. The average molecular weight is 292 g/mol. The van der Waals surface area contributed by atoms with Crippen molar-refractivity contribution in [1.82, 2.24) is 10.2 Å². The summed E-state index contributed by atoms with van der Waals surface area (Å²) in [6, 6.07) is 0.277. The first-order chi connectivity index (χ1) is 9.84. The van der Waals surface area contributed by atoms with Crippen LogP contribution in [0.2, 0.25) is 0 Å². The molecule has 3 aliphatic rings. The minimum atomic E-state index is 0.0276. The van der Waals surface area contributed by atoms with Gasteiger partial charge in [-0.1, -0.05) is 20.8 Å². The van der Waals surface area contributed by atoms with Crippen LogP contribution in [0, 0.1) is 16.7 Å². The summed E-state index contributed by atoms with van der Waals surface area (Å²) in [7, 11) is 0. The maximum atomic E-state index is 12.3. The van der Waals surface area contributed by atoms with E-state index in [1.54, 1.807) is 4.90 Å². The number of hydrogen-bond acceptors (Lipinski definition) is 2. The Hall–Kier alpha value is -1.06.